The van der Waals surface area contributed by atoms with Crippen molar-refractivity contribution < 1.29 is 18.1 Å². The van der Waals surface area contributed by atoms with E-state index < -0.39 is 17.8 Å². The van der Waals surface area contributed by atoms with Gasteiger partial charge in [-0.25, -0.2) is 4.39 Å². The summed E-state index contributed by atoms with van der Waals surface area (Å²) in [5.74, 6) is 0.752. The lowest BCUT2D eigenvalue weighted by Crippen LogP contribution is -2.30. The third kappa shape index (κ3) is 3.05. The Balaban J connectivity index is 1.98. The van der Waals surface area contributed by atoms with Gasteiger partial charge < -0.3 is 14.3 Å². The molecule has 0 radical (unpaired) electrons. The number of benzene rings is 1. The molecule has 124 valence electrons. The zero-order valence-corrected chi connectivity index (χ0v) is 13.5. The van der Waals surface area contributed by atoms with Crippen LogP contribution in [0.25, 0.3) is 0 Å². The van der Waals surface area contributed by atoms with E-state index in [9.17, 15) is 9.18 Å². The minimum Gasteiger partial charge on any atom is -0.466 e. The molecule has 6 nitrogen and oxygen atoms in total. The minimum absolute atomic E-state index is 0.184. The van der Waals surface area contributed by atoms with E-state index >= 15 is 0 Å². The summed E-state index contributed by atoms with van der Waals surface area (Å²) < 4.78 is 24.6. The monoisotopic (exact) mass is 329 g/mol. The molecule has 3 aromatic rings. The molecule has 2 heterocycles. The van der Waals surface area contributed by atoms with Crippen LogP contribution in [0.2, 0.25) is 0 Å². The number of rotatable bonds is 4. The zero-order valence-electron chi connectivity index (χ0n) is 13.5. The minimum atomic E-state index is -0.870. The fourth-order valence-corrected chi connectivity index (χ4v) is 2.49. The van der Waals surface area contributed by atoms with E-state index in [2.05, 4.69) is 15.5 Å². The maximum atomic E-state index is 14.2. The van der Waals surface area contributed by atoms with Crippen LogP contribution in [0.3, 0.4) is 0 Å². The van der Waals surface area contributed by atoms with E-state index in [4.69, 9.17) is 8.94 Å². The molecule has 0 aliphatic rings. The normalized spacial score (nSPS) is 12.2. The molecule has 0 fully saturated rings. The smallest absolute Gasteiger partial charge is 0.255 e. The van der Waals surface area contributed by atoms with Gasteiger partial charge in [0, 0.05) is 12.5 Å². The van der Waals surface area contributed by atoms with Crippen LogP contribution in [-0.4, -0.2) is 16.0 Å². The van der Waals surface area contributed by atoms with Gasteiger partial charge in [-0.1, -0.05) is 23.4 Å². The molecule has 24 heavy (non-hydrogen) atoms. The predicted octanol–water partition coefficient (Wildman–Crippen LogP) is 3.25. The lowest BCUT2D eigenvalue weighted by molar-refractivity contribution is 0.0939. The topological polar surface area (TPSA) is 81.2 Å². The second kappa shape index (κ2) is 6.27. The zero-order chi connectivity index (χ0) is 17.3. The summed E-state index contributed by atoms with van der Waals surface area (Å²) in [6, 6.07) is 6.89. The summed E-state index contributed by atoms with van der Waals surface area (Å²) in [4.78, 5) is 16.7. The second-order valence-electron chi connectivity index (χ2n) is 5.43. The molecule has 1 N–H and O–H groups in total. The first-order chi connectivity index (χ1) is 11.5. The van der Waals surface area contributed by atoms with Crippen molar-refractivity contribution in [1.82, 2.24) is 15.5 Å². The fraction of sp³-hybridized carbons (Fsp3) is 0.235. The van der Waals surface area contributed by atoms with Crippen LogP contribution in [0.1, 0.15) is 45.2 Å². The molecule has 0 saturated heterocycles. The van der Waals surface area contributed by atoms with Crippen LogP contribution in [0, 0.1) is 26.6 Å². The van der Waals surface area contributed by atoms with Crippen molar-refractivity contribution in [2.24, 2.45) is 0 Å². The quantitative estimate of drug-likeness (QED) is 0.794. The lowest BCUT2D eigenvalue weighted by Gasteiger charge is -2.16. The van der Waals surface area contributed by atoms with Gasteiger partial charge in [0.2, 0.25) is 5.89 Å². The van der Waals surface area contributed by atoms with Crippen LogP contribution in [0.5, 0.6) is 0 Å². The summed E-state index contributed by atoms with van der Waals surface area (Å²) in [5, 5.41) is 6.57. The molecule has 0 aliphatic carbocycles. The number of hydrogen-bond donors (Lipinski definition) is 1. The third-order valence-corrected chi connectivity index (χ3v) is 3.58. The fourth-order valence-electron chi connectivity index (χ4n) is 2.49. The highest BCUT2D eigenvalue weighted by molar-refractivity contribution is 5.95. The van der Waals surface area contributed by atoms with Gasteiger partial charge in [0.15, 0.2) is 5.82 Å². The number of carbonyl (C=O) groups is 1. The number of aryl methyl sites for hydroxylation is 3. The van der Waals surface area contributed by atoms with Gasteiger partial charge in [0.05, 0.1) is 5.56 Å². The highest BCUT2D eigenvalue weighted by Crippen LogP contribution is 2.24. The van der Waals surface area contributed by atoms with Gasteiger partial charge >= 0.3 is 0 Å². The number of aromatic nitrogens is 2. The molecule has 0 spiro atoms. The maximum Gasteiger partial charge on any atom is 0.255 e. The van der Waals surface area contributed by atoms with Crippen molar-refractivity contribution in [1.29, 1.82) is 0 Å². The van der Waals surface area contributed by atoms with E-state index in [-0.39, 0.29) is 11.4 Å². The van der Waals surface area contributed by atoms with Gasteiger partial charge in [0.25, 0.3) is 5.91 Å². The Morgan fingerprint density at radius 2 is 2.00 bits per heavy atom. The predicted molar refractivity (Wildman–Crippen MR) is 82.9 cm³/mol. The molecule has 3 rings (SSSR count). The first kappa shape index (κ1) is 15.9. The Morgan fingerprint density at radius 1 is 1.25 bits per heavy atom. The molecule has 0 saturated carbocycles. The van der Waals surface area contributed by atoms with Crippen molar-refractivity contribution in [3.63, 3.8) is 0 Å². The van der Waals surface area contributed by atoms with Crippen LogP contribution in [0.4, 0.5) is 4.39 Å². The SMILES string of the molecule is Cc1cc(C(=O)NC(c2noc(C)n2)c2ccccc2F)c(C)o1. The van der Waals surface area contributed by atoms with E-state index in [0.29, 0.717) is 23.0 Å². The molecule has 0 aliphatic heterocycles. The third-order valence-electron chi connectivity index (χ3n) is 3.58. The number of nitrogens with zero attached hydrogens (tertiary/aromatic N) is 2. The van der Waals surface area contributed by atoms with Crippen LogP contribution < -0.4 is 5.32 Å². The molecule has 1 aromatic carbocycles. The van der Waals surface area contributed by atoms with Gasteiger partial charge in [0.1, 0.15) is 23.4 Å². The summed E-state index contributed by atoms with van der Waals surface area (Å²) in [6.45, 7) is 5.07. The molecular weight excluding hydrogens is 313 g/mol. The van der Waals surface area contributed by atoms with Crippen molar-refractivity contribution in [3.05, 3.63) is 70.5 Å². The van der Waals surface area contributed by atoms with Crippen molar-refractivity contribution in [2.45, 2.75) is 26.8 Å². The molecule has 1 unspecified atom stereocenters. The van der Waals surface area contributed by atoms with Gasteiger partial charge in [-0.15, -0.1) is 0 Å². The number of amides is 1. The van der Waals surface area contributed by atoms with Gasteiger partial charge in [-0.3, -0.25) is 4.79 Å². The van der Waals surface area contributed by atoms with Crippen LogP contribution in [-0.2, 0) is 0 Å². The number of furan rings is 1. The highest BCUT2D eigenvalue weighted by atomic mass is 19.1. The summed E-state index contributed by atoms with van der Waals surface area (Å²) >= 11 is 0. The molecule has 7 heteroatoms. The van der Waals surface area contributed by atoms with Crippen LogP contribution >= 0.6 is 0 Å². The standard InChI is InChI=1S/C17H16FN3O3/c1-9-8-13(10(2)23-9)17(22)20-15(16-19-11(3)24-21-16)12-6-4-5-7-14(12)18/h4-8,15H,1-3H3,(H,20,22). The second-order valence-corrected chi connectivity index (χ2v) is 5.43. The lowest BCUT2D eigenvalue weighted by atomic mass is 10.0. The first-order valence-electron chi connectivity index (χ1n) is 7.38. The Bertz CT molecular complexity index is 885. The molecule has 2 aromatic heterocycles. The van der Waals surface area contributed by atoms with Gasteiger partial charge in [-0.2, -0.15) is 4.98 Å². The number of nitrogens with one attached hydrogen (secondary N) is 1. The first-order valence-corrected chi connectivity index (χ1v) is 7.38. The Kier molecular flexibility index (Phi) is 4.16. The van der Waals surface area contributed by atoms with Crippen molar-refractivity contribution in [2.75, 3.05) is 0 Å². The molecule has 0 bridgehead atoms. The van der Waals surface area contributed by atoms with E-state index in [1.54, 1.807) is 45.0 Å². The van der Waals surface area contributed by atoms with E-state index in [1.807, 2.05) is 0 Å². The average molecular weight is 329 g/mol. The van der Waals surface area contributed by atoms with E-state index in [1.165, 1.54) is 6.07 Å². The van der Waals surface area contributed by atoms with Gasteiger partial charge in [-0.05, 0) is 26.0 Å². The van der Waals surface area contributed by atoms with Crippen molar-refractivity contribution in [3.8, 4) is 0 Å². The van der Waals surface area contributed by atoms with Crippen LogP contribution in [0.15, 0.2) is 39.3 Å². The average Bonchev–Trinajstić information content (AvgIpc) is 3.11. The van der Waals surface area contributed by atoms with E-state index in [0.717, 1.165) is 0 Å². The summed E-state index contributed by atoms with van der Waals surface area (Å²) in [5.41, 5.74) is 0.638. The number of hydrogen-bond acceptors (Lipinski definition) is 5. The Labute approximate surface area is 137 Å². The van der Waals surface area contributed by atoms with Crippen molar-refractivity contribution >= 4 is 5.91 Å². The molecule has 1 atom stereocenters. The number of halogens is 1. The largest absolute Gasteiger partial charge is 0.466 e. The summed E-state index contributed by atoms with van der Waals surface area (Å²) in [6.07, 6.45) is 0. The highest BCUT2D eigenvalue weighted by Gasteiger charge is 2.26. The maximum absolute atomic E-state index is 14.2. The molecular formula is C17H16FN3O3. The Hall–Kier alpha value is -2.96. The number of carbonyl (C=O) groups excluding carboxylic acids is 1. The summed E-state index contributed by atoms with van der Waals surface area (Å²) in [7, 11) is 0. The Morgan fingerprint density at radius 3 is 2.58 bits per heavy atom. The molecule has 1 amide bonds.